The van der Waals surface area contributed by atoms with Crippen LogP contribution in [0.5, 0.6) is 17.2 Å². The maximum absolute atomic E-state index is 11.6. The van der Waals surface area contributed by atoms with E-state index in [4.69, 9.17) is 23.6 Å². The molecular formula is C28H25NO5S. The topological polar surface area (TPSA) is 70.8 Å². The van der Waals surface area contributed by atoms with E-state index in [9.17, 15) is 4.79 Å². The zero-order valence-corrected chi connectivity index (χ0v) is 20.4. The lowest BCUT2D eigenvalue weighted by Crippen LogP contribution is -2.04. The smallest absolute Gasteiger partial charge is 0.336 e. The molecule has 0 spiro atoms. The lowest BCUT2D eigenvalue weighted by Gasteiger charge is -2.12. The Morgan fingerprint density at radius 3 is 2.57 bits per heavy atom. The summed E-state index contributed by atoms with van der Waals surface area (Å²) in [4.78, 5) is 16.3. The third-order valence-electron chi connectivity index (χ3n) is 5.69. The average Bonchev–Trinajstić information content (AvgIpc) is 3.30. The molecule has 0 atom stereocenters. The summed E-state index contributed by atoms with van der Waals surface area (Å²) in [5.41, 5.74) is 3.08. The fourth-order valence-electron chi connectivity index (χ4n) is 3.89. The van der Waals surface area contributed by atoms with Crippen molar-refractivity contribution in [3.63, 3.8) is 0 Å². The molecule has 0 fully saturated rings. The lowest BCUT2D eigenvalue weighted by molar-refractivity contribution is 0.258. The number of methoxy groups -OCH3 is 1. The Kier molecular flexibility index (Phi) is 6.68. The number of benzene rings is 3. The molecule has 0 aliphatic rings. The van der Waals surface area contributed by atoms with Gasteiger partial charge in [0.05, 0.1) is 30.5 Å². The molecule has 3 aromatic carbocycles. The molecule has 0 amide bonds. The number of aromatic nitrogens is 1. The predicted octanol–water partition coefficient (Wildman–Crippen LogP) is 6.62. The third kappa shape index (κ3) is 5.15. The first-order valence-electron chi connectivity index (χ1n) is 11.4. The summed E-state index contributed by atoms with van der Waals surface area (Å²) >= 11 is 1.66. The molecule has 0 N–H and O–H groups in total. The van der Waals surface area contributed by atoms with Crippen molar-refractivity contribution in [1.29, 1.82) is 0 Å². The van der Waals surface area contributed by atoms with Gasteiger partial charge in [0.15, 0.2) is 11.5 Å². The van der Waals surface area contributed by atoms with Crippen molar-refractivity contribution in [2.24, 2.45) is 0 Å². The van der Waals surface area contributed by atoms with E-state index in [2.05, 4.69) is 6.07 Å². The van der Waals surface area contributed by atoms with Crippen molar-refractivity contribution in [2.75, 3.05) is 20.3 Å². The molecule has 178 valence electrons. The molecule has 2 aromatic heterocycles. The Morgan fingerprint density at radius 2 is 1.74 bits per heavy atom. The van der Waals surface area contributed by atoms with Crippen molar-refractivity contribution in [2.45, 2.75) is 19.8 Å². The number of para-hydroxylation sites is 1. The van der Waals surface area contributed by atoms with E-state index in [1.165, 1.54) is 6.07 Å². The van der Waals surface area contributed by atoms with Crippen LogP contribution >= 0.6 is 11.3 Å². The Bertz CT molecular complexity index is 1510. The van der Waals surface area contributed by atoms with Crippen LogP contribution in [-0.2, 0) is 0 Å². The van der Waals surface area contributed by atoms with Gasteiger partial charge in [0.25, 0.3) is 0 Å². The van der Waals surface area contributed by atoms with Crippen molar-refractivity contribution in [1.82, 2.24) is 4.98 Å². The summed E-state index contributed by atoms with van der Waals surface area (Å²) in [5.74, 6) is 2.07. The molecule has 0 saturated heterocycles. The minimum Gasteiger partial charge on any atom is -0.493 e. The zero-order valence-electron chi connectivity index (χ0n) is 19.6. The van der Waals surface area contributed by atoms with Crippen LogP contribution in [0.1, 0.15) is 18.4 Å². The Labute approximate surface area is 206 Å². The highest BCUT2D eigenvalue weighted by Crippen LogP contribution is 2.36. The monoisotopic (exact) mass is 487 g/mol. The van der Waals surface area contributed by atoms with Gasteiger partial charge in [-0.05, 0) is 67.8 Å². The summed E-state index contributed by atoms with van der Waals surface area (Å²) in [6.07, 6.45) is 1.65. The van der Waals surface area contributed by atoms with Gasteiger partial charge in [0, 0.05) is 23.1 Å². The van der Waals surface area contributed by atoms with Gasteiger partial charge in [-0.1, -0.05) is 12.1 Å². The number of fused-ring (bicyclic) bond motifs is 2. The normalized spacial score (nSPS) is 11.1. The molecule has 0 aliphatic heterocycles. The average molecular weight is 488 g/mol. The Morgan fingerprint density at radius 1 is 0.914 bits per heavy atom. The first-order chi connectivity index (χ1) is 17.1. The van der Waals surface area contributed by atoms with Gasteiger partial charge in [0.1, 0.15) is 16.3 Å². The van der Waals surface area contributed by atoms with Crippen LogP contribution in [0.3, 0.4) is 0 Å². The Hall–Kier alpha value is -3.84. The molecule has 0 unspecified atom stereocenters. The van der Waals surface area contributed by atoms with E-state index in [1.54, 1.807) is 24.5 Å². The molecule has 0 aliphatic carbocycles. The SMILES string of the molecule is COc1cc(-c2nc3ccccc3s2)ccc1OCCCCOc1ccc2c(C)cc(=O)oc2c1. The molecule has 0 saturated carbocycles. The molecule has 7 heteroatoms. The van der Waals surface area contributed by atoms with Gasteiger partial charge in [-0.2, -0.15) is 0 Å². The maximum Gasteiger partial charge on any atom is 0.336 e. The third-order valence-corrected chi connectivity index (χ3v) is 6.78. The molecule has 0 bridgehead atoms. The van der Waals surface area contributed by atoms with Crippen LogP contribution in [0.15, 0.2) is 75.9 Å². The summed E-state index contributed by atoms with van der Waals surface area (Å²) in [6.45, 7) is 2.98. The minimum absolute atomic E-state index is 0.354. The summed E-state index contributed by atoms with van der Waals surface area (Å²) in [6, 6.07) is 21.1. The second kappa shape index (κ2) is 10.2. The van der Waals surface area contributed by atoms with Crippen molar-refractivity contribution >= 4 is 32.5 Å². The summed E-state index contributed by atoms with van der Waals surface area (Å²) < 4.78 is 23.8. The van der Waals surface area contributed by atoms with E-state index >= 15 is 0 Å². The number of aryl methyl sites for hydroxylation is 1. The quantitative estimate of drug-likeness (QED) is 0.172. The van der Waals surface area contributed by atoms with E-state index in [0.717, 1.165) is 44.6 Å². The van der Waals surface area contributed by atoms with Gasteiger partial charge in [-0.3, -0.25) is 0 Å². The zero-order chi connectivity index (χ0) is 24.2. The standard InChI is InChI=1S/C28H25NO5S/c1-18-15-27(30)34-24-17-20(10-11-21(18)24)32-13-5-6-14-33-23-12-9-19(16-25(23)31-2)28-29-22-7-3-4-8-26(22)35-28/h3-4,7-12,15-17H,5-6,13-14H2,1-2H3. The number of hydrogen-bond donors (Lipinski definition) is 0. The molecule has 5 aromatic rings. The molecule has 6 nitrogen and oxygen atoms in total. The van der Waals surface area contributed by atoms with Crippen LogP contribution in [0.25, 0.3) is 31.8 Å². The summed E-state index contributed by atoms with van der Waals surface area (Å²) in [7, 11) is 1.64. The lowest BCUT2D eigenvalue weighted by atomic mass is 10.1. The van der Waals surface area contributed by atoms with E-state index in [-0.39, 0.29) is 5.63 Å². The highest BCUT2D eigenvalue weighted by Gasteiger charge is 2.11. The van der Waals surface area contributed by atoms with Crippen LogP contribution in [0.4, 0.5) is 0 Å². The minimum atomic E-state index is -0.354. The number of unbranched alkanes of at least 4 members (excludes halogenated alkanes) is 1. The summed E-state index contributed by atoms with van der Waals surface area (Å²) in [5, 5.41) is 1.87. The first-order valence-corrected chi connectivity index (χ1v) is 12.3. The first kappa shape index (κ1) is 22.9. The molecule has 2 heterocycles. The van der Waals surface area contributed by atoms with Crippen LogP contribution in [-0.4, -0.2) is 25.3 Å². The van der Waals surface area contributed by atoms with Gasteiger partial charge in [-0.25, -0.2) is 9.78 Å². The van der Waals surface area contributed by atoms with Gasteiger partial charge >= 0.3 is 5.63 Å². The largest absolute Gasteiger partial charge is 0.493 e. The highest BCUT2D eigenvalue weighted by atomic mass is 32.1. The molecular weight excluding hydrogens is 462 g/mol. The highest BCUT2D eigenvalue weighted by molar-refractivity contribution is 7.21. The van der Waals surface area contributed by atoms with Crippen molar-refractivity contribution < 1.29 is 18.6 Å². The van der Waals surface area contributed by atoms with Crippen LogP contribution < -0.4 is 19.8 Å². The van der Waals surface area contributed by atoms with Gasteiger partial charge in [0.2, 0.25) is 0 Å². The van der Waals surface area contributed by atoms with Crippen molar-refractivity contribution in [3.8, 4) is 27.8 Å². The van der Waals surface area contributed by atoms with Crippen LogP contribution in [0, 0.1) is 6.92 Å². The van der Waals surface area contributed by atoms with Gasteiger partial charge < -0.3 is 18.6 Å². The maximum atomic E-state index is 11.6. The molecule has 0 radical (unpaired) electrons. The number of rotatable bonds is 9. The fourth-order valence-corrected chi connectivity index (χ4v) is 4.85. The van der Waals surface area contributed by atoms with Crippen molar-refractivity contribution in [3.05, 3.63) is 82.7 Å². The second-order valence-corrected chi connectivity index (χ2v) is 9.19. The molecule has 35 heavy (non-hydrogen) atoms. The Balaban J connectivity index is 1.14. The van der Waals surface area contributed by atoms with E-state index in [0.29, 0.717) is 36.0 Å². The molecule has 5 rings (SSSR count). The second-order valence-electron chi connectivity index (χ2n) is 8.16. The fraction of sp³-hybridized carbons (Fsp3) is 0.214. The number of thiazole rings is 1. The number of nitrogens with zero attached hydrogens (tertiary/aromatic N) is 1. The van der Waals surface area contributed by atoms with E-state index in [1.807, 2.05) is 55.5 Å². The predicted molar refractivity (Wildman–Crippen MR) is 139 cm³/mol. The van der Waals surface area contributed by atoms with Gasteiger partial charge in [-0.15, -0.1) is 11.3 Å². The number of ether oxygens (including phenoxy) is 3. The number of hydrogen-bond acceptors (Lipinski definition) is 7. The van der Waals surface area contributed by atoms with E-state index < -0.39 is 0 Å². The van der Waals surface area contributed by atoms with Crippen LogP contribution in [0.2, 0.25) is 0 Å².